The lowest BCUT2D eigenvalue weighted by atomic mass is 9.91. The molecule has 0 aliphatic carbocycles. The van der Waals surface area contributed by atoms with E-state index in [2.05, 4.69) is 10.6 Å². The Labute approximate surface area is 137 Å². The largest absolute Gasteiger partial charge is 0.354 e. The van der Waals surface area contributed by atoms with Crippen LogP contribution in [0.1, 0.15) is 19.4 Å². The predicted octanol–water partition coefficient (Wildman–Crippen LogP) is 2.29. The number of aryl methyl sites for hydroxylation is 1. The molecule has 0 bridgehead atoms. The van der Waals surface area contributed by atoms with Gasteiger partial charge in [0.25, 0.3) is 0 Å². The molecule has 2 N–H and O–H groups in total. The molecule has 0 aromatic heterocycles. The van der Waals surface area contributed by atoms with Crippen molar-refractivity contribution in [3.63, 3.8) is 0 Å². The number of amides is 2. The zero-order chi connectivity index (χ0) is 16.9. The Balaban J connectivity index is 2.68. The molecule has 1 aromatic rings. The Kier molecular flexibility index (Phi) is 6.38. The maximum atomic E-state index is 12.3. The van der Waals surface area contributed by atoms with E-state index in [1.54, 1.807) is 26.0 Å². The highest BCUT2D eigenvalue weighted by Crippen LogP contribution is 2.23. The molecule has 0 saturated heterocycles. The SMILES string of the molecule is Cc1ccc(NC(=O)C(C)(C)C(=O)NCCN(C)C)cc1Cl. The lowest BCUT2D eigenvalue weighted by Crippen LogP contribution is -2.46. The van der Waals surface area contributed by atoms with E-state index in [1.807, 2.05) is 32.0 Å². The molecule has 2 amide bonds. The van der Waals surface area contributed by atoms with Crippen molar-refractivity contribution >= 4 is 29.1 Å². The fourth-order valence-electron chi connectivity index (χ4n) is 1.68. The van der Waals surface area contributed by atoms with Gasteiger partial charge in [0, 0.05) is 23.8 Å². The fourth-order valence-corrected chi connectivity index (χ4v) is 1.86. The summed E-state index contributed by atoms with van der Waals surface area (Å²) in [4.78, 5) is 26.5. The Morgan fingerprint density at radius 2 is 1.86 bits per heavy atom. The smallest absolute Gasteiger partial charge is 0.239 e. The fraction of sp³-hybridized carbons (Fsp3) is 0.500. The molecule has 122 valence electrons. The number of benzene rings is 1. The third kappa shape index (κ3) is 5.00. The van der Waals surface area contributed by atoms with Crippen LogP contribution in [-0.4, -0.2) is 43.9 Å². The lowest BCUT2D eigenvalue weighted by molar-refractivity contribution is -0.138. The van der Waals surface area contributed by atoms with Gasteiger partial charge in [-0.05, 0) is 52.6 Å². The van der Waals surface area contributed by atoms with E-state index in [1.165, 1.54) is 0 Å². The van der Waals surface area contributed by atoms with Crippen LogP contribution < -0.4 is 10.6 Å². The van der Waals surface area contributed by atoms with E-state index in [9.17, 15) is 9.59 Å². The average Bonchev–Trinajstić information content (AvgIpc) is 2.42. The van der Waals surface area contributed by atoms with Crippen LogP contribution in [0.5, 0.6) is 0 Å². The molecule has 0 spiro atoms. The number of carbonyl (C=O) groups excluding carboxylic acids is 2. The minimum absolute atomic E-state index is 0.301. The molecule has 1 aromatic carbocycles. The van der Waals surface area contributed by atoms with Crippen LogP contribution in [-0.2, 0) is 9.59 Å². The van der Waals surface area contributed by atoms with E-state index in [4.69, 9.17) is 11.6 Å². The van der Waals surface area contributed by atoms with Gasteiger partial charge >= 0.3 is 0 Å². The molecule has 0 unspecified atom stereocenters. The zero-order valence-electron chi connectivity index (χ0n) is 13.8. The van der Waals surface area contributed by atoms with Crippen molar-refractivity contribution in [2.24, 2.45) is 5.41 Å². The third-order valence-electron chi connectivity index (χ3n) is 3.41. The number of hydrogen-bond donors (Lipinski definition) is 2. The maximum absolute atomic E-state index is 12.3. The number of anilines is 1. The number of nitrogens with zero attached hydrogens (tertiary/aromatic N) is 1. The molecular weight excluding hydrogens is 302 g/mol. The minimum Gasteiger partial charge on any atom is -0.354 e. The minimum atomic E-state index is -1.16. The van der Waals surface area contributed by atoms with Crippen LogP contribution in [0.4, 0.5) is 5.69 Å². The van der Waals surface area contributed by atoms with Crippen molar-refractivity contribution in [1.82, 2.24) is 10.2 Å². The average molecular weight is 326 g/mol. The monoisotopic (exact) mass is 325 g/mol. The molecule has 1 rings (SSSR count). The van der Waals surface area contributed by atoms with Crippen LogP contribution in [0, 0.1) is 12.3 Å². The molecule has 0 radical (unpaired) electrons. The van der Waals surface area contributed by atoms with Gasteiger partial charge in [0.1, 0.15) is 5.41 Å². The quantitative estimate of drug-likeness (QED) is 0.789. The first-order valence-corrected chi connectivity index (χ1v) is 7.53. The van der Waals surface area contributed by atoms with Crippen molar-refractivity contribution in [3.05, 3.63) is 28.8 Å². The molecule has 0 heterocycles. The maximum Gasteiger partial charge on any atom is 0.239 e. The Morgan fingerprint density at radius 1 is 1.23 bits per heavy atom. The summed E-state index contributed by atoms with van der Waals surface area (Å²) in [6.45, 7) is 6.30. The second-order valence-electron chi connectivity index (χ2n) is 6.10. The number of carbonyl (C=O) groups is 2. The standard InChI is InChI=1S/C16H24ClN3O2/c1-11-6-7-12(10-13(11)17)19-15(22)16(2,3)14(21)18-8-9-20(4)5/h6-7,10H,8-9H2,1-5H3,(H,18,21)(H,19,22). The van der Waals surface area contributed by atoms with E-state index in [0.717, 1.165) is 12.1 Å². The van der Waals surface area contributed by atoms with Gasteiger partial charge in [0.15, 0.2) is 0 Å². The number of nitrogens with one attached hydrogen (secondary N) is 2. The normalized spacial score (nSPS) is 11.4. The summed E-state index contributed by atoms with van der Waals surface area (Å²) in [6.07, 6.45) is 0. The van der Waals surface area contributed by atoms with Crippen LogP contribution >= 0.6 is 11.6 Å². The van der Waals surface area contributed by atoms with Crippen LogP contribution in [0.2, 0.25) is 5.02 Å². The van der Waals surface area contributed by atoms with Gasteiger partial charge in [-0.3, -0.25) is 9.59 Å². The Hall–Kier alpha value is -1.59. The van der Waals surface area contributed by atoms with Crippen molar-refractivity contribution in [2.45, 2.75) is 20.8 Å². The third-order valence-corrected chi connectivity index (χ3v) is 3.82. The highest BCUT2D eigenvalue weighted by Gasteiger charge is 2.35. The van der Waals surface area contributed by atoms with Crippen molar-refractivity contribution in [3.8, 4) is 0 Å². The summed E-state index contributed by atoms with van der Waals surface area (Å²) in [7, 11) is 3.84. The molecule has 6 heteroatoms. The van der Waals surface area contributed by atoms with Gasteiger partial charge in [-0.2, -0.15) is 0 Å². The zero-order valence-corrected chi connectivity index (χ0v) is 14.5. The van der Waals surface area contributed by atoms with Gasteiger partial charge in [0.2, 0.25) is 11.8 Å². The number of halogens is 1. The first-order valence-electron chi connectivity index (χ1n) is 7.15. The predicted molar refractivity (Wildman–Crippen MR) is 90.2 cm³/mol. The van der Waals surface area contributed by atoms with Gasteiger partial charge < -0.3 is 15.5 Å². The van der Waals surface area contributed by atoms with Crippen molar-refractivity contribution in [1.29, 1.82) is 0 Å². The molecular formula is C16H24ClN3O2. The number of likely N-dealkylation sites (N-methyl/N-ethyl adjacent to an activating group) is 1. The van der Waals surface area contributed by atoms with Gasteiger partial charge in [-0.25, -0.2) is 0 Å². The van der Waals surface area contributed by atoms with Crippen LogP contribution in [0.25, 0.3) is 0 Å². The summed E-state index contributed by atoms with van der Waals surface area (Å²) in [5, 5.41) is 6.08. The number of hydrogen-bond acceptors (Lipinski definition) is 3. The van der Waals surface area contributed by atoms with E-state index in [0.29, 0.717) is 17.3 Å². The van der Waals surface area contributed by atoms with Crippen LogP contribution in [0.15, 0.2) is 18.2 Å². The van der Waals surface area contributed by atoms with Gasteiger partial charge in [-0.1, -0.05) is 17.7 Å². The topological polar surface area (TPSA) is 61.4 Å². The van der Waals surface area contributed by atoms with Crippen molar-refractivity contribution in [2.75, 3.05) is 32.5 Å². The van der Waals surface area contributed by atoms with Gasteiger partial charge in [-0.15, -0.1) is 0 Å². The molecule has 0 atom stereocenters. The summed E-state index contributed by atoms with van der Waals surface area (Å²) in [6, 6.07) is 5.26. The summed E-state index contributed by atoms with van der Waals surface area (Å²) >= 11 is 6.04. The molecule has 0 saturated carbocycles. The lowest BCUT2D eigenvalue weighted by Gasteiger charge is -2.23. The van der Waals surface area contributed by atoms with Crippen LogP contribution in [0.3, 0.4) is 0 Å². The first kappa shape index (κ1) is 18.5. The summed E-state index contributed by atoms with van der Waals surface area (Å²) < 4.78 is 0. The van der Waals surface area contributed by atoms with Crippen molar-refractivity contribution < 1.29 is 9.59 Å². The highest BCUT2D eigenvalue weighted by atomic mass is 35.5. The second kappa shape index (κ2) is 7.61. The molecule has 22 heavy (non-hydrogen) atoms. The molecule has 0 fully saturated rings. The van der Waals surface area contributed by atoms with E-state index >= 15 is 0 Å². The first-order chi connectivity index (χ1) is 10.1. The molecule has 5 nitrogen and oxygen atoms in total. The number of rotatable bonds is 6. The highest BCUT2D eigenvalue weighted by molar-refractivity contribution is 6.31. The Bertz CT molecular complexity index is 556. The second-order valence-corrected chi connectivity index (χ2v) is 6.51. The van der Waals surface area contributed by atoms with Gasteiger partial charge in [0.05, 0.1) is 0 Å². The summed E-state index contributed by atoms with van der Waals surface area (Å²) in [5.74, 6) is -0.667. The summed E-state index contributed by atoms with van der Waals surface area (Å²) in [5.41, 5.74) is 0.346. The molecule has 0 aliphatic rings. The van der Waals surface area contributed by atoms with E-state index < -0.39 is 5.41 Å². The molecule has 0 aliphatic heterocycles. The van der Waals surface area contributed by atoms with E-state index in [-0.39, 0.29) is 11.8 Å². The Morgan fingerprint density at radius 3 is 2.41 bits per heavy atom.